The lowest BCUT2D eigenvalue weighted by Gasteiger charge is -2.30. The molecule has 0 aromatic heterocycles. The van der Waals surface area contributed by atoms with E-state index < -0.39 is 12.2 Å². The Bertz CT molecular complexity index is 706. The molecule has 0 radical (unpaired) electrons. The van der Waals surface area contributed by atoms with Crippen LogP contribution in [0.5, 0.6) is 0 Å². The van der Waals surface area contributed by atoms with Gasteiger partial charge in [-0.25, -0.2) is 4.79 Å². The number of benzene rings is 2. The predicted molar refractivity (Wildman–Crippen MR) is 93.1 cm³/mol. The molecule has 1 unspecified atom stereocenters. The van der Waals surface area contributed by atoms with Gasteiger partial charge in [-0.1, -0.05) is 48.5 Å². The molecule has 1 fully saturated rings. The first-order valence-electron chi connectivity index (χ1n) is 8.15. The van der Waals surface area contributed by atoms with E-state index in [9.17, 15) is 9.59 Å². The van der Waals surface area contributed by atoms with Crippen LogP contribution in [0.1, 0.15) is 11.7 Å². The Hall–Kier alpha value is -2.86. The van der Waals surface area contributed by atoms with E-state index in [0.717, 1.165) is 5.56 Å². The molecule has 2 aromatic rings. The van der Waals surface area contributed by atoms with Crippen LogP contribution in [-0.4, -0.2) is 43.2 Å². The second-order valence-electron chi connectivity index (χ2n) is 5.69. The minimum atomic E-state index is -0.555. The summed E-state index contributed by atoms with van der Waals surface area (Å²) in [6, 6.07) is 18.5. The van der Waals surface area contributed by atoms with Crippen LogP contribution in [0.2, 0.25) is 0 Å². The molecule has 0 spiro atoms. The molecule has 0 bridgehead atoms. The van der Waals surface area contributed by atoms with E-state index in [0.29, 0.717) is 25.4 Å². The lowest BCUT2D eigenvalue weighted by atomic mass is 10.1. The van der Waals surface area contributed by atoms with E-state index >= 15 is 0 Å². The summed E-state index contributed by atoms with van der Waals surface area (Å²) in [7, 11) is 0. The number of hydrogen-bond donors (Lipinski definition) is 1. The van der Waals surface area contributed by atoms with E-state index in [4.69, 9.17) is 9.47 Å². The minimum Gasteiger partial charge on any atom is -0.439 e. The largest absolute Gasteiger partial charge is 0.439 e. The van der Waals surface area contributed by atoms with Crippen molar-refractivity contribution < 1.29 is 19.1 Å². The molecule has 2 amide bonds. The minimum absolute atomic E-state index is 0.0672. The average Bonchev–Trinajstić information content (AvgIpc) is 2.64. The first kappa shape index (κ1) is 17.0. The van der Waals surface area contributed by atoms with Crippen LogP contribution in [0, 0.1) is 0 Å². The summed E-state index contributed by atoms with van der Waals surface area (Å²) < 4.78 is 10.8. The van der Waals surface area contributed by atoms with Gasteiger partial charge in [-0.15, -0.1) is 0 Å². The zero-order valence-electron chi connectivity index (χ0n) is 13.8. The van der Waals surface area contributed by atoms with Crippen LogP contribution in [0.4, 0.5) is 10.5 Å². The number of hydrogen-bond acceptors (Lipinski definition) is 4. The van der Waals surface area contributed by atoms with Crippen molar-refractivity contribution >= 4 is 17.7 Å². The van der Waals surface area contributed by atoms with E-state index in [1.165, 1.54) is 0 Å². The van der Waals surface area contributed by atoms with Crippen LogP contribution in [0.3, 0.4) is 0 Å². The lowest BCUT2D eigenvalue weighted by molar-refractivity contribution is -0.144. The maximum absolute atomic E-state index is 12.3. The third-order valence-corrected chi connectivity index (χ3v) is 3.91. The van der Waals surface area contributed by atoms with Gasteiger partial charge in [-0.05, 0) is 17.7 Å². The number of morpholine rings is 1. The second kappa shape index (κ2) is 8.30. The summed E-state index contributed by atoms with van der Waals surface area (Å²) in [5.41, 5.74) is 1.49. The average molecular weight is 340 g/mol. The van der Waals surface area contributed by atoms with E-state index in [2.05, 4.69) is 5.32 Å². The maximum Gasteiger partial charge on any atom is 0.412 e. The molecule has 0 saturated carbocycles. The third kappa shape index (κ3) is 4.81. The topological polar surface area (TPSA) is 67.9 Å². The highest BCUT2D eigenvalue weighted by Gasteiger charge is 2.25. The number of nitrogens with zero attached hydrogens (tertiary/aromatic N) is 1. The van der Waals surface area contributed by atoms with Gasteiger partial charge in [0.15, 0.2) is 0 Å². The highest BCUT2D eigenvalue weighted by atomic mass is 16.6. The Kier molecular flexibility index (Phi) is 5.64. The van der Waals surface area contributed by atoms with Crippen LogP contribution in [0.25, 0.3) is 0 Å². The normalized spacial score (nSPS) is 15.5. The maximum atomic E-state index is 12.3. The summed E-state index contributed by atoms with van der Waals surface area (Å²) >= 11 is 0. The van der Waals surface area contributed by atoms with Gasteiger partial charge >= 0.3 is 6.09 Å². The van der Waals surface area contributed by atoms with Crippen LogP contribution < -0.4 is 5.32 Å². The SMILES string of the molecule is O=C(Nc1ccccc1)OC(CN1CCOCC1=O)c1ccccc1. The molecule has 1 aliphatic rings. The number of rotatable bonds is 5. The van der Waals surface area contributed by atoms with E-state index in [1.54, 1.807) is 17.0 Å². The zero-order valence-corrected chi connectivity index (χ0v) is 13.8. The first-order valence-corrected chi connectivity index (χ1v) is 8.15. The molecular formula is C19H20N2O4. The number of anilines is 1. The van der Waals surface area contributed by atoms with E-state index in [-0.39, 0.29) is 12.5 Å². The molecule has 1 atom stereocenters. The van der Waals surface area contributed by atoms with Gasteiger partial charge in [-0.2, -0.15) is 0 Å². The Labute approximate surface area is 146 Å². The number of amides is 2. The van der Waals surface area contributed by atoms with Gasteiger partial charge in [-0.3, -0.25) is 10.1 Å². The number of carbonyl (C=O) groups excluding carboxylic acids is 2. The molecule has 1 aliphatic heterocycles. The summed E-state index contributed by atoms with van der Waals surface area (Å²) in [6.07, 6.45) is -1.10. The number of nitrogens with one attached hydrogen (secondary N) is 1. The van der Waals surface area contributed by atoms with Crippen molar-refractivity contribution in [3.05, 3.63) is 66.2 Å². The molecule has 25 heavy (non-hydrogen) atoms. The van der Waals surface area contributed by atoms with Crippen molar-refractivity contribution in [2.24, 2.45) is 0 Å². The summed E-state index contributed by atoms with van der Waals surface area (Å²) in [4.78, 5) is 25.9. The molecular weight excluding hydrogens is 320 g/mol. The van der Waals surface area contributed by atoms with Crippen molar-refractivity contribution in [1.29, 1.82) is 0 Å². The van der Waals surface area contributed by atoms with Gasteiger partial charge in [0.05, 0.1) is 13.2 Å². The standard InChI is InChI=1S/C19H20N2O4/c22-18-14-24-12-11-21(18)13-17(15-7-3-1-4-8-15)25-19(23)20-16-9-5-2-6-10-16/h1-10,17H,11-14H2,(H,20,23). The smallest absolute Gasteiger partial charge is 0.412 e. The molecule has 130 valence electrons. The number of carbonyl (C=O) groups is 2. The Morgan fingerprint density at radius 3 is 2.48 bits per heavy atom. The van der Waals surface area contributed by atoms with Gasteiger partial charge in [0.25, 0.3) is 0 Å². The van der Waals surface area contributed by atoms with Gasteiger partial charge in [0.2, 0.25) is 5.91 Å². The molecule has 2 aromatic carbocycles. The summed E-state index contributed by atoms with van der Waals surface area (Å²) in [5.74, 6) is -0.0979. The third-order valence-electron chi connectivity index (χ3n) is 3.91. The fourth-order valence-corrected chi connectivity index (χ4v) is 2.62. The second-order valence-corrected chi connectivity index (χ2v) is 5.69. The van der Waals surface area contributed by atoms with Crippen LogP contribution in [-0.2, 0) is 14.3 Å². The van der Waals surface area contributed by atoms with Crippen LogP contribution in [0.15, 0.2) is 60.7 Å². The molecule has 1 heterocycles. The molecule has 6 nitrogen and oxygen atoms in total. The van der Waals surface area contributed by atoms with Crippen molar-refractivity contribution in [1.82, 2.24) is 4.90 Å². The van der Waals surface area contributed by atoms with Gasteiger partial charge < -0.3 is 14.4 Å². The molecule has 1 N–H and O–H groups in total. The highest BCUT2D eigenvalue weighted by molar-refractivity contribution is 5.84. The fourth-order valence-electron chi connectivity index (χ4n) is 2.62. The predicted octanol–water partition coefficient (Wildman–Crippen LogP) is 2.84. The Balaban J connectivity index is 1.70. The summed E-state index contributed by atoms with van der Waals surface area (Å²) in [5, 5.41) is 2.70. The van der Waals surface area contributed by atoms with Gasteiger partial charge in [0.1, 0.15) is 12.7 Å². The first-order chi connectivity index (χ1) is 12.2. The summed E-state index contributed by atoms with van der Waals surface area (Å²) in [6.45, 7) is 1.35. The van der Waals surface area contributed by atoms with Crippen molar-refractivity contribution in [3.8, 4) is 0 Å². The monoisotopic (exact) mass is 340 g/mol. The number of ether oxygens (including phenoxy) is 2. The van der Waals surface area contributed by atoms with Crippen molar-refractivity contribution in [2.75, 3.05) is 31.6 Å². The number of para-hydroxylation sites is 1. The van der Waals surface area contributed by atoms with Crippen molar-refractivity contribution in [2.45, 2.75) is 6.10 Å². The van der Waals surface area contributed by atoms with E-state index in [1.807, 2.05) is 48.5 Å². The Morgan fingerprint density at radius 1 is 1.12 bits per heavy atom. The Morgan fingerprint density at radius 2 is 1.80 bits per heavy atom. The molecule has 1 saturated heterocycles. The molecule has 3 rings (SSSR count). The molecule has 0 aliphatic carbocycles. The highest BCUT2D eigenvalue weighted by Crippen LogP contribution is 2.21. The van der Waals surface area contributed by atoms with Crippen molar-refractivity contribution in [3.63, 3.8) is 0 Å². The molecule has 6 heteroatoms. The zero-order chi connectivity index (χ0) is 17.5. The quantitative estimate of drug-likeness (QED) is 0.909. The van der Waals surface area contributed by atoms with Crippen LogP contribution >= 0.6 is 0 Å². The van der Waals surface area contributed by atoms with Gasteiger partial charge in [0, 0.05) is 12.2 Å². The lowest BCUT2D eigenvalue weighted by Crippen LogP contribution is -2.44. The fraction of sp³-hybridized carbons (Fsp3) is 0.263.